The van der Waals surface area contributed by atoms with Gasteiger partial charge in [-0.3, -0.25) is 4.79 Å². The Labute approximate surface area is 168 Å². The lowest BCUT2D eigenvalue weighted by Gasteiger charge is -2.15. The van der Waals surface area contributed by atoms with Gasteiger partial charge in [0.15, 0.2) is 4.34 Å². The average molecular weight is 420 g/mol. The SMILES string of the molecule is NC(=O)NC(CC(=O)Nc1nnc(SCc2ccccc2)s1)c1cccs1. The third-order valence-corrected chi connectivity index (χ3v) is 6.48. The molecule has 3 amide bonds. The fraction of sp³-hybridized carbons (Fsp3) is 0.176. The van der Waals surface area contributed by atoms with Crippen LogP contribution in [0.5, 0.6) is 0 Å². The first-order valence-corrected chi connectivity index (χ1v) is 10.7. The quantitative estimate of drug-likeness (QED) is 0.381. The van der Waals surface area contributed by atoms with E-state index < -0.39 is 12.1 Å². The van der Waals surface area contributed by atoms with Gasteiger partial charge in [0.05, 0.1) is 12.5 Å². The number of nitrogens with two attached hydrogens (primary N) is 1. The number of hydrogen-bond donors (Lipinski definition) is 3. The van der Waals surface area contributed by atoms with Crippen molar-refractivity contribution in [1.29, 1.82) is 0 Å². The van der Waals surface area contributed by atoms with Crippen molar-refractivity contribution in [2.75, 3.05) is 5.32 Å². The van der Waals surface area contributed by atoms with Crippen LogP contribution in [0.1, 0.15) is 22.9 Å². The maximum atomic E-state index is 12.3. The smallest absolute Gasteiger partial charge is 0.312 e. The van der Waals surface area contributed by atoms with Gasteiger partial charge >= 0.3 is 6.03 Å². The van der Waals surface area contributed by atoms with Crippen LogP contribution in [-0.4, -0.2) is 22.1 Å². The molecule has 0 saturated heterocycles. The highest BCUT2D eigenvalue weighted by Gasteiger charge is 2.19. The van der Waals surface area contributed by atoms with Gasteiger partial charge in [0.2, 0.25) is 11.0 Å². The molecule has 10 heteroatoms. The second-order valence-electron chi connectivity index (χ2n) is 5.48. The van der Waals surface area contributed by atoms with Gasteiger partial charge in [0, 0.05) is 10.6 Å². The topological polar surface area (TPSA) is 110 Å². The number of thiophene rings is 1. The van der Waals surface area contributed by atoms with Crippen LogP contribution in [0.2, 0.25) is 0 Å². The van der Waals surface area contributed by atoms with E-state index in [4.69, 9.17) is 5.73 Å². The Kier molecular flexibility index (Phi) is 6.80. The maximum absolute atomic E-state index is 12.3. The Morgan fingerprint density at radius 3 is 2.67 bits per heavy atom. The first kappa shape index (κ1) is 19.3. The van der Waals surface area contributed by atoms with E-state index in [0.717, 1.165) is 15.0 Å². The molecule has 0 fully saturated rings. The predicted octanol–water partition coefficient (Wildman–Crippen LogP) is 3.63. The fourth-order valence-electron chi connectivity index (χ4n) is 2.28. The average Bonchev–Trinajstić information content (AvgIpc) is 3.32. The summed E-state index contributed by atoms with van der Waals surface area (Å²) >= 11 is 4.33. The summed E-state index contributed by atoms with van der Waals surface area (Å²) in [6.07, 6.45) is 0.0650. The van der Waals surface area contributed by atoms with Crippen LogP contribution in [0.25, 0.3) is 0 Å². The lowest BCUT2D eigenvalue weighted by molar-refractivity contribution is -0.116. The van der Waals surface area contributed by atoms with Crippen molar-refractivity contribution in [3.05, 3.63) is 58.3 Å². The molecule has 0 aliphatic carbocycles. The van der Waals surface area contributed by atoms with Gasteiger partial charge in [-0.2, -0.15) is 0 Å². The molecule has 1 aromatic carbocycles. The molecular weight excluding hydrogens is 402 g/mol. The number of nitrogens with zero attached hydrogens (tertiary/aromatic N) is 2. The van der Waals surface area contributed by atoms with Crippen molar-refractivity contribution in [1.82, 2.24) is 15.5 Å². The summed E-state index contributed by atoms with van der Waals surface area (Å²) in [5.41, 5.74) is 6.41. The predicted molar refractivity (Wildman–Crippen MR) is 109 cm³/mol. The molecule has 1 unspecified atom stereocenters. The van der Waals surface area contributed by atoms with Gasteiger partial charge in [-0.25, -0.2) is 4.79 Å². The number of benzene rings is 1. The zero-order valence-electron chi connectivity index (χ0n) is 14.1. The number of aromatic nitrogens is 2. The maximum Gasteiger partial charge on any atom is 0.312 e. The van der Waals surface area contributed by atoms with Crippen LogP contribution >= 0.6 is 34.4 Å². The largest absolute Gasteiger partial charge is 0.352 e. The van der Waals surface area contributed by atoms with E-state index in [2.05, 4.69) is 20.8 Å². The van der Waals surface area contributed by atoms with Crippen LogP contribution in [0.15, 0.2) is 52.2 Å². The van der Waals surface area contributed by atoms with Crippen molar-refractivity contribution in [3.63, 3.8) is 0 Å². The lowest BCUT2D eigenvalue weighted by atomic mass is 10.1. The van der Waals surface area contributed by atoms with Gasteiger partial charge in [-0.1, -0.05) is 59.5 Å². The molecule has 4 N–H and O–H groups in total. The van der Waals surface area contributed by atoms with E-state index in [1.54, 1.807) is 11.8 Å². The van der Waals surface area contributed by atoms with Crippen LogP contribution in [0.3, 0.4) is 0 Å². The molecule has 0 spiro atoms. The minimum atomic E-state index is -0.670. The number of nitrogens with one attached hydrogen (secondary N) is 2. The molecule has 0 bridgehead atoms. The summed E-state index contributed by atoms with van der Waals surface area (Å²) in [5, 5.41) is 15.7. The normalized spacial score (nSPS) is 11.7. The molecule has 7 nitrogen and oxygen atoms in total. The first-order valence-electron chi connectivity index (χ1n) is 7.99. The molecule has 1 atom stereocenters. The summed E-state index contributed by atoms with van der Waals surface area (Å²) in [5.74, 6) is 0.518. The van der Waals surface area contributed by atoms with Crippen molar-refractivity contribution in [2.45, 2.75) is 22.6 Å². The molecule has 3 rings (SSSR count). The number of carbonyl (C=O) groups excluding carboxylic acids is 2. The zero-order chi connectivity index (χ0) is 19.1. The summed E-state index contributed by atoms with van der Waals surface area (Å²) in [7, 11) is 0. The number of carbonyl (C=O) groups is 2. The van der Waals surface area contributed by atoms with Crippen LogP contribution in [-0.2, 0) is 10.5 Å². The molecule has 27 heavy (non-hydrogen) atoms. The molecule has 0 radical (unpaired) electrons. The van der Waals surface area contributed by atoms with E-state index in [0.29, 0.717) is 5.13 Å². The number of anilines is 1. The monoisotopic (exact) mass is 419 g/mol. The number of amides is 3. The molecular formula is C17H17N5O2S3. The van der Waals surface area contributed by atoms with E-state index in [1.165, 1.54) is 28.2 Å². The summed E-state index contributed by atoms with van der Waals surface area (Å²) in [6.45, 7) is 0. The van der Waals surface area contributed by atoms with Crippen LogP contribution in [0, 0.1) is 0 Å². The molecule has 2 aromatic heterocycles. The van der Waals surface area contributed by atoms with Crippen LogP contribution < -0.4 is 16.4 Å². The highest BCUT2D eigenvalue weighted by molar-refractivity contribution is 8.00. The van der Waals surface area contributed by atoms with Crippen molar-refractivity contribution < 1.29 is 9.59 Å². The molecule has 0 aliphatic heterocycles. The van der Waals surface area contributed by atoms with Gasteiger partial charge in [-0.15, -0.1) is 21.5 Å². The standard InChI is InChI=1S/C17H17N5O2S3/c18-15(24)19-12(13-7-4-8-25-13)9-14(23)20-16-21-22-17(27-16)26-10-11-5-2-1-3-6-11/h1-8,12H,9-10H2,(H3,18,19,24)(H,20,21,23). The second kappa shape index (κ2) is 9.49. The summed E-state index contributed by atoms with van der Waals surface area (Å²) in [4.78, 5) is 24.4. The van der Waals surface area contributed by atoms with Crippen LogP contribution in [0.4, 0.5) is 9.93 Å². The summed E-state index contributed by atoms with van der Waals surface area (Å²) < 4.78 is 0.777. The van der Waals surface area contributed by atoms with Gasteiger partial charge in [0.25, 0.3) is 0 Å². The van der Waals surface area contributed by atoms with Crippen molar-refractivity contribution in [2.24, 2.45) is 5.73 Å². The summed E-state index contributed by atoms with van der Waals surface area (Å²) in [6, 6.07) is 12.6. The van der Waals surface area contributed by atoms with E-state index in [-0.39, 0.29) is 12.3 Å². The van der Waals surface area contributed by atoms with Gasteiger partial charge in [-0.05, 0) is 17.0 Å². The highest BCUT2D eigenvalue weighted by atomic mass is 32.2. The Hall–Kier alpha value is -2.43. The third-order valence-electron chi connectivity index (χ3n) is 3.45. The van der Waals surface area contributed by atoms with Gasteiger partial charge in [0.1, 0.15) is 0 Å². The lowest BCUT2D eigenvalue weighted by Crippen LogP contribution is -2.34. The Bertz CT molecular complexity index is 883. The Morgan fingerprint density at radius 1 is 1.15 bits per heavy atom. The molecule has 0 aliphatic rings. The zero-order valence-corrected chi connectivity index (χ0v) is 16.6. The number of urea groups is 1. The van der Waals surface area contributed by atoms with E-state index in [9.17, 15) is 9.59 Å². The molecule has 3 aromatic rings. The molecule has 0 saturated carbocycles. The minimum Gasteiger partial charge on any atom is -0.352 e. The number of thioether (sulfide) groups is 1. The van der Waals surface area contributed by atoms with E-state index >= 15 is 0 Å². The fourth-order valence-corrected chi connectivity index (χ4v) is 4.78. The Balaban J connectivity index is 1.54. The van der Waals surface area contributed by atoms with Crippen molar-refractivity contribution in [3.8, 4) is 0 Å². The van der Waals surface area contributed by atoms with E-state index in [1.807, 2.05) is 47.8 Å². The minimum absolute atomic E-state index is 0.0650. The highest BCUT2D eigenvalue weighted by Crippen LogP contribution is 2.29. The number of hydrogen-bond acceptors (Lipinski definition) is 7. The first-order chi connectivity index (χ1) is 13.1. The third kappa shape index (κ3) is 6.05. The molecule has 2 heterocycles. The molecule has 140 valence electrons. The van der Waals surface area contributed by atoms with Gasteiger partial charge < -0.3 is 16.4 Å². The Morgan fingerprint density at radius 2 is 1.96 bits per heavy atom. The number of primary amides is 1. The van der Waals surface area contributed by atoms with Crippen molar-refractivity contribution >= 4 is 51.5 Å². The second-order valence-corrected chi connectivity index (χ2v) is 8.66. The number of rotatable bonds is 8.